The van der Waals surface area contributed by atoms with Gasteiger partial charge in [-0.2, -0.15) is 0 Å². The van der Waals surface area contributed by atoms with Gasteiger partial charge < -0.3 is 14.8 Å². The number of methoxy groups -OCH3 is 2. The number of benzene rings is 2. The van der Waals surface area contributed by atoms with Crippen LogP contribution in [0.1, 0.15) is 36.9 Å². The number of halogens is 2. The van der Waals surface area contributed by atoms with Crippen LogP contribution < -0.4 is 14.8 Å². The minimum absolute atomic E-state index is 0.137. The summed E-state index contributed by atoms with van der Waals surface area (Å²) in [6.45, 7) is 2.39. The van der Waals surface area contributed by atoms with E-state index < -0.39 is 15.9 Å². The minimum Gasteiger partial charge on any atom is -0.493 e. The van der Waals surface area contributed by atoms with Crippen molar-refractivity contribution in [2.45, 2.75) is 31.6 Å². The highest BCUT2D eigenvalue weighted by Gasteiger charge is 2.33. The number of ether oxygens (including phenoxy) is 2. The largest absolute Gasteiger partial charge is 0.493 e. The van der Waals surface area contributed by atoms with E-state index in [2.05, 4.69) is 5.32 Å². The van der Waals surface area contributed by atoms with Crippen LogP contribution in [0.25, 0.3) is 0 Å². The van der Waals surface area contributed by atoms with E-state index >= 15 is 0 Å². The first-order valence-electron chi connectivity index (χ1n) is 10.6. The quantitative estimate of drug-likeness (QED) is 0.563. The summed E-state index contributed by atoms with van der Waals surface area (Å²) >= 11 is 12.1. The summed E-state index contributed by atoms with van der Waals surface area (Å²) in [7, 11) is -0.523. The number of carbonyl (C=O) groups excluding carboxylic acids is 1. The Labute approximate surface area is 205 Å². The molecule has 7 nitrogen and oxygen atoms in total. The molecule has 1 fully saturated rings. The van der Waals surface area contributed by atoms with E-state index in [0.717, 1.165) is 5.56 Å². The molecule has 2 aromatic carbocycles. The topological polar surface area (TPSA) is 84.9 Å². The van der Waals surface area contributed by atoms with E-state index in [9.17, 15) is 13.2 Å². The fraction of sp³-hybridized carbons (Fsp3) is 0.435. The molecular formula is C23H28Cl2N2O5S. The molecule has 3 rings (SSSR count). The molecule has 180 valence electrons. The van der Waals surface area contributed by atoms with Crippen LogP contribution in [0.15, 0.2) is 36.4 Å². The Morgan fingerprint density at radius 2 is 1.88 bits per heavy atom. The predicted octanol–water partition coefficient (Wildman–Crippen LogP) is 4.43. The van der Waals surface area contributed by atoms with Crippen LogP contribution in [0.3, 0.4) is 0 Å². The maximum Gasteiger partial charge on any atom is 0.224 e. The Balaban J connectivity index is 1.66. The standard InChI is InChI=1S/C23H28Cl2N2O5S/c1-15(16-7-9-21(31-2)22(11-16)32-3)26-23(28)17-5-4-10-27(13-17)33(29,30)14-18-6-8-19(24)12-20(18)25/h6-9,11-12,15,17H,4-5,10,13-14H2,1-3H3,(H,26,28). The summed E-state index contributed by atoms with van der Waals surface area (Å²) in [5.41, 5.74) is 1.34. The smallest absolute Gasteiger partial charge is 0.224 e. The van der Waals surface area contributed by atoms with E-state index in [-0.39, 0.29) is 24.2 Å². The van der Waals surface area contributed by atoms with Crippen LogP contribution in [0.2, 0.25) is 10.0 Å². The molecule has 2 unspecified atom stereocenters. The van der Waals surface area contributed by atoms with Gasteiger partial charge in [-0.25, -0.2) is 12.7 Å². The molecule has 1 amide bonds. The van der Waals surface area contributed by atoms with Crippen LogP contribution in [0.5, 0.6) is 11.5 Å². The Kier molecular flexibility index (Phi) is 8.50. The highest BCUT2D eigenvalue weighted by Crippen LogP contribution is 2.31. The molecule has 33 heavy (non-hydrogen) atoms. The zero-order valence-corrected chi connectivity index (χ0v) is 21.1. The number of nitrogens with one attached hydrogen (secondary N) is 1. The van der Waals surface area contributed by atoms with E-state index in [1.54, 1.807) is 32.4 Å². The van der Waals surface area contributed by atoms with Crippen molar-refractivity contribution >= 4 is 39.1 Å². The van der Waals surface area contributed by atoms with Crippen molar-refractivity contribution in [2.75, 3.05) is 27.3 Å². The second kappa shape index (κ2) is 11.0. The van der Waals surface area contributed by atoms with Gasteiger partial charge in [0.25, 0.3) is 0 Å². The average Bonchev–Trinajstić information content (AvgIpc) is 2.80. The second-order valence-electron chi connectivity index (χ2n) is 8.03. The first-order valence-corrected chi connectivity index (χ1v) is 12.9. The normalized spacial score (nSPS) is 17.9. The molecular weight excluding hydrogens is 487 g/mol. The second-order valence-corrected chi connectivity index (χ2v) is 10.8. The van der Waals surface area contributed by atoms with Crippen molar-refractivity contribution in [1.29, 1.82) is 0 Å². The van der Waals surface area contributed by atoms with Gasteiger partial charge in [-0.1, -0.05) is 35.3 Å². The Morgan fingerprint density at radius 1 is 1.15 bits per heavy atom. The zero-order valence-electron chi connectivity index (χ0n) is 18.8. The lowest BCUT2D eigenvalue weighted by Crippen LogP contribution is -2.46. The van der Waals surface area contributed by atoms with Crippen LogP contribution in [0, 0.1) is 5.92 Å². The molecule has 0 aliphatic carbocycles. The molecule has 0 bridgehead atoms. The summed E-state index contributed by atoms with van der Waals surface area (Å²) in [6, 6.07) is 9.93. The van der Waals surface area contributed by atoms with E-state index in [0.29, 0.717) is 46.5 Å². The highest BCUT2D eigenvalue weighted by atomic mass is 35.5. The van der Waals surface area contributed by atoms with Gasteiger partial charge >= 0.3 is 0 Å². The SMILES string of the molecule is COc1ccc(C(C)NC(=O)C2CCCN(S(=O)(=O)Cc3ccc(Cl)cc3Cl)C2)cc1OC. The van der Waals surface area contributed by atoms with Gasteiger partial charge in [0.15, 0.2) is 11.5 Å². The van der Waals surface area contributed by atoms with Crippen molar-refractivity contribution in [1.82, 2.24) is 9.62 Å². The van der Waals surface area contributed by atoms with Gasteiger partial charge in [0.05, 0.1) is 31.9 Å². The number of rotatable bonds is 8. The van der Waals surface area contributed by atoms with Crippen molar-refractivity contribution in [3.8, 4) is 11.5 Å². The first-order chi connectivity index (χ1) is 15.6. The summed E-state index contributed by atoms with van der Waals surface area (Å²) in [4.78, 5) is 13.0. The van der Waals surface area contributed by atoms with Gasteiger partial charge in [-0.3, -0.25) is 4.79 Å². The molecule has 0 radical (unpaired) electrons. The van der Waals surface area contributed by atoms with Crippen molar-refractivity contribution in [3.05, 3.63) is 57.6 Å². The van der Waals surface area contributed by atoms with Gasteiger partial charge in [-0.15, -0.1) is 0 Å². The minimum atomic E-state index is -3.64. The fourth-order valence-electron chi connectivity index (χ4n) is 3.87. The number of amides is 1. The third-order valence-corrected chi connectivity index (χ3v) is 8.15. The maximum absolute atomic E-state index is 13.0. The number of hydrogen-bond acceptors (Lipinski definition) is 5. The lowest BCUT2D eigenvalue weighted by Gasteiger charge is -2.32. The van der Waals surface area contributed by atoms with Crippen LogP contribution in [-0.4, -0.2) is 45.9 Å². The summed E-state index contributed by atoms with van der Waals surface area (Å²) in [5, 5.41) is 3.75. The number of hydrogen-bond donors (Lipinski definition) is 1. The highest BCUT2D eigenvalue weighted by molar-refractivity contribution is 7.88. The average molecular weight is 515 g/mol. The summed E-state index contributed by atoms with van der Waals surface area (Å²) in [6.07, 6.45) is 1.23. The lowest BCUT2D eigenvalue weighted by atomic mass is 9.98. The third kappa shape index (κ3) is 6.32. The van der Waals surface area contributed by atoms with Crippen LogP contribution in [-0.2, 0) is 20.6 Å². The molecule has 1 N–H and O–H groups in total. The van der Waals surface area contributed by atoms with E-state index in [4.69, 9.17) is 32.7 Å². The van der Waals surface area contributed by atoms with E-state index in [1.807, 2.05) is 19.1 Å². The molecule has 1 aliphatic heterocycles. The van der Waals surface area contributed by atoms with Gasteiger partial charge in [-0.05, 0) is 55.2 Å². The number of nitrogens with zero attached hydrogens (tertiary/aromatic N) is 1. The van der Waals surface area contributed by atoms with Crippen LogP contribution in [0.4, 0.5) is 0 Å². The summed E-state index contributed by atoms with van der Waals surface area (Å²) < 4.78 is 38.0. The van der Waals surface area contributed by atoms with Gasteiger partial charge in [0.1, 0.15) is 0 Å². The number of sulfonamides is 1. The fourth-order valence-corrected chi connectivity index (χ4v) is 6.07. The van der Waals surface area contributed by atoms with E-state index in [1.165, 1.54) is 10.4 Å². The van der Waals surface area contributed by atoms with Gasteiger partial charge in [0, 0.05) is 23.1 Å². The molecule has 2 atom stereocenters. The molecule has 10 heteroatoms. The Hall–Kier alpha value is -2.00. The summed E-state index contributed by atoms with van der Waals surface area (Å²) in [5.74, 6) is 0.332. The number of piperidine rings is 1. The molecule has 1 saturated heterocycles. The lowest BCUT2D eigenvalue weighted by molar-refractivity contribution is -0.126. The number of carbonyl (C=O) groups is 1. The third-order valence-electron chi connectivity index (χ3n) is 5.77. The molecule has 2 aromatic rings. The first kappa shape index (κ1) is 25.6. The predicted molar refractivity (Wildman–Crippen MR) is 129 cm³/mol. The molecule has 0 aromatic heterocycles. The van der Waals surface area contributed by atoms with Crippen molar-refractivity contribution in [3.63, 3.8) is 0 Å². The zero-order chi connectivity index (χ0) is 24.2. The molecule has 1 heterocycles. The Morgan fingerprint density at radius 3 is 2.55 bits per heavy atom. The van der Waals surface area contributed by atoms with Crippen LogP contribution >= 0.6 is 23.2 Å². The molecule has 0 saturated carbocycles. The molecule has 1 aliphatic rings. The van der Waals surface area contributed by atoms with Crippen molar-refractivity contribution < 1.29 is 22.7 Å². The maximum atomic E-state index is 13.0. The molecule has 0 spiro atoms. The van der Waals surface area contributed by atoms with Gasteiger partial charge in [0.2, 0.25) is 15.9 Å². The monoisotopic (exact) mass is 514 g/mol. The van der Waals surface area contributed by atoms with Crippen molar-refractivity contribution in [2.24, 2.45) is 5.92 Å². The Bertz CT molecular complexity index is 1110.